The molecule has 1 heterocycles. The Morgan fingerprint density at radius 2 is 2.20 bits per heavy atom. The molecular weight excluding hydrogens is 272 g/mol. The molecule has 0 N–H and O–H groups in total. The number of hydrogen-bond acceptors (Lipinski definition) is 4. The van der Waals surface area contributed by atoms with Crippen LogP contribution in [-0.2, 0) is 14.3 Å². The van der Waals surface area contributed by atoms with Gasteiger partial charge in [-0.25, -0.2) is 0 Å². The predicted molar refractivity (Wildman–Crippen MR) is 80.1 cm³/mol. The van der Waals surface area contributed by atoms with Crippen LogP contribution < -0.4 is 0 Å². The maximum Gasteiger partial charge on any atom is 0.302 e. The summed E-state index contributed by atoms with van der Waals surface area (Å²) in [6.45, 7) is 1.76. The molecular formula is C16H18O3S. The van der Waals surface area contributed by atoms with Crippen LogP contribution in [0.5, 0.6) is 0 Å². The third-order valence-electron chi connectivity index (χ3n) is 2.94. The molecule has 106 valence electrons. The van der Waals surface area contributed by atoms with E-state index in [0.717, 1.165) is 24.8 Å². The second-order valence-electron chi connectivity index (χ2n) is 4.63. The molecule has 1 aromatic carbocycles. The van der Waals surface area contributed by atoms with Gasteiger partial charge in [0.2, 0.25) is 0 Å². The van der Waals surface area contributed by atoms with Crippen LogP contribution in [0.2, 0.25) is 0 Å². The molecule has 1 aliphatic heterocycles. The first kappa shape index (κ1) is 15.0. The zero-order chi connectivity index (χ0) is 14.2. The third-order valence-corrected chi connectivity index (χ3v) is 3.77. The van der Waals surface area contributed by atoms with Crippen LogP contribution in [0, 0.1) is 11.2 Å². The van der Waals surface area contributed by atoms with Crippen LogP contribution >= 0.6 is 11.8 Å². The van der Waals surface area contributed by atoms with Crippen molar-refractivity contribution in [3.63, 3.8) is 0 Å². The summed E-state index contributed by atoms with van der Waals surface area (Å²) in [6, 6.07) is 9.89. The maximum atomic E-state index is 10.8. The number of esters is 1. The van der Waals surface area contributed by atoms with E-state index in [1.54, 1.807) is 0 Å². The van der Waals surface area contributed by atoms with Crippen molar-refractivity contribution in [1.82, 2.24) is 0 Å². The van der Waals surface area contributed by atoms with Crippen molar-refractivity contribution in [3.8, 4) is 11.2 Å². The minimum Gasteiger partial charge on any atom is -0.463 e. The Morgan fingerprint density at radius 3 is 2.95 bits per heavy atom. The van der Waals surface area contributed by atoms with Crippen LogP contribution in [0.3, 0.4) is 0 Å². The van der Waals surface area contributed by atoms with Gasteiger partial charge in [-0.15, -0.1) is 0 Å². The zero-order valence-corrected chi connectivity index (χ0v) is 12.3. The first-order chi connectivity index (χ1) is 9.74. The van der Waals surface area contributed by atoms with Crippen LogP contribution in [-0.4, -0.2) is 24.1 Å². The van der Waals surface area contributed by atoms with E-state index < -0.39 is 0 Å². The SMILES string of the molecule is CC(=O)OC[C@H]1CCC[C@H](SC#Cc2ccccc2)O1. The van der Waals surface area contributed by atoms with Crippen molar-refractivity contribution >= 4 is 17.7 Å². The summed E-state index contributed by atoms with van der Waals surface area (Å²) in [4.78, 5) is 10.8. The van der Waals surface area contributed by atoms with E-state index >= 15 is 0 Å². The molecule has 1 aliphatic rings. The van der Waals surface area contributed by atoms with Gasteiger partial charge in [-0.1, -0.05) is 24.1 Å². The Labute approximate surface area is 124 Å². The topological polar surface area (TPSA) is 35.5 Å². The molecule has 2 atom stereocenters. The molecule has 0 amide bonds. The summed E-state index contributed by atoms with van der Waals surface area (Å²) in [6.07, 6.45) is 3.02. The Kier molecular flexibility index (Phi) is 5.97. The van der Waals surface area contributed by atoms with E-state index in [2.05, 4.69) is 11.2 Å². The van der Waals surface area contributed by atoms with Gasteiger partial charge in [-0.2, -0.15) is 0 Å². The Bertz CT molecular complexity index is 489. The smallest absolute Gasteiger partial charge is 0.302 e. The largest absolute Gasteiger partial charge is 0.463 e. The summed E-state index contributed by atoms with van der Waals surface area (Å²) in [5.41, 5.74) is 1.08. The number of carbonyl (C=O) groups excluding carboxylic acids is 1. The number of ether oxygens (including phenoxy) is 2. The van der Waals surface area contributed by atoms with E-state index in [4.69, 9.17) is 9.47 Å². The van der Waals surface area contributed by atoms with Crippen molar-refractivity contribution in [2.45, 2.75) is 37.7 Å². The first-order valence-corrected chi connectivity index (χ1v) is 7.62. The number of benzene rings is 1. The number of rotatable bonds is 3. The van der Waals surface area contributed by atoms with Crippen molar-refractivity contribution in [2.75, 3.05) is 6.61 Å². The predicted octanol–water partition coefficient (Wildman–Crippen LogP) is 3.19. The van der Waals surface area contributed by atoms with Crippen molar-refractivity contribution in [3.05, 3.63) is 35.9 Å². The van der Waals surface area contributed by atoms with Gasteiger partial charge in [0.05, 0.1) is 6.10 Å². The molecule has 1 saturated heterocycles. The normalized spacial score (nSPS) is 21.6. The van der Waals surface area contributed by atoms with Crippen LogP contribution in [0.25, 0.3) is 0 Å². The highest BCUT2D eigenvalue weighted by Crippen LogP contribution is 2.26. The summed E-state index contributed by atoms with van der Waals surface area (Å²) < 4.78 is 10.9. The molecule has 0 bridgehead atoms. The quantitative estimate of drug-likeness (QED) is 0.632. The average Bonchev–Trinajstić information content (AvgIpc) is 2.47. The summed E-state index contributed by atoms with van der Waals surface area (Å²) >= 11 is 1.51. The minimum atomic E-state index is -0.257. The van der Waals surface area contributed by atoms with Gasteiger partial charge >= 0.3 is 5.97 Å². The number of carbonyl (C=O) groups is 1. The zero-order valence-electron chi connectivity index (χ0n) is 11.5. The number of hydrogen-bond donors (Lipinski definition) is 0. The van der Waals surface area contributed by atoms with E-state index in [1.165, 1.54) is 18.7 Å². The van der Waals surface area contributed by atoms with E-state index in [0.29, 0.717) is 6.61 Å². The van der Waals surface area contributed by atoms with E-state index in [-0.39, 0.29) is 17.5 Å². The second kappa shape index (κ2) is 7.98. The minimum absolute atomic E-state index is 0.00340. The Balaban J connectivity index is 1.78. The van der Waals surface area contributed by atoms with E-state index in [1.807, 2.05) is 30.3 Å². The molecule has 1 fully saturated rings. The highest BCUT2D eigenvalue weighted by Gasteiger charge is 2.23. The highest BCUT2D eigenvalue weighted by molar-refractivity contribution is 8.04. The standard InChI is InChI=1S/C16H18O3S/c1-13(17)18-12-15-8-5-9-16(19-15)20-11-10-14-6-3-2-4-7-14/h2-4,6-7,15-16H,5,8-9,12H2,1H3/t15-,16+/m1/s1. The lowest BCUT2D eigenvalue weighted by Gasteiger charge is -2.27. The molecule has 0 aliphatic carbocycles. The van der Waals surface area contributed by atoms with Crippen LogP contribution in [0.4, 0.5) is 0 Å². The fourth-order valence-electron chi connectivity index (χ4n) is 1.96. The lowest BCUT2D eigenvalue weighted by Crippen LogP contribution is -2.29. The molecule has 0 unspecified atom stereocenters. The van der Waals surface area contributed by atoms with Gasteiger partial charge in [0.15, 0.2) is 0 Å². The second-order valence-corrected chi connectivity index (χ2v) is 5.60. The van der Waals surface area contributed by atoms with Crippen molar-refractivity contribution in [2.24, 2.45) is 0 Å². The average molecular weight is 290 g/mol. The summed E-state index contributed by atoms with van der Waals surface area (Å²) in [5.74, 6) is 2.85. The molecule has 0 aromatic heterocycles. The van der Waals surface area contributed by atoms with Crippen LogP contribution in [0.1, 0.15) is 31.7 Å². The molecule has 0 saturated carbocycles. The maximum absolute atomic E-state index is 10.8. The molecule has 1 aromatic rings. The van der Waals surface area contributed by atoms with Gasteiger partial charge in [-0.05, 0) is 48.4 Å². The molecule has 2 rings (SSSR count). The summed E-state index contributed by atoms with van der Waals surface area (Å²) in [7, 11) is 0. The lowest BCUT2D eigenvalue weighted by molar-refractivity contribution is -0.147. The summed E-state index contributed by atoms with van der Waals surface area (Å²) in [5, 5.41) is 3.09. The molecule has 0 radical (unpaired) electrons. The van der Waals surface area contributed by atoms with Gasteiger partial charge in [-0.3, -0.25) is 4.79 Å². The fraction of sp³-hybridized carbons (Fsp3) is 0.438. The highest BCUT2D eigenvalue weighted by atomic mass is 32.2. The van der Waals surface area contributed by atoms with Gasteiger partial charge in [0.1, 0.15) is 12.0 Å². The Morgan fingerprint density at radius 1 is 1.40 bits per heavy atom. The fourth-order valence-corrected chi connectivity index (χ4v) is 2.76. The van der Waals surface area contributed by atoms with E-state index in [9.17, 15) is 4.79 Å². The monoisotopic (exact) mass is 290 g/mol. The Hall–Kier alpha value is -1.44. The van der Waals surface area contributed by atoms with Crippen LogP contribution in [0.15, 0.2) is 30.3 Å². The molecule has 0 spiro atoms. The van der Waals surface area contributed by atoms with Gasteiger partial charge < -0.3 is 9.47 Å². The van der Waals surface area contributed by atoms with Gasteiger partial charge in [0, 0.05) is 12.5 Å². The van der Waals surface area contributed by atoms with Crippen molar-refractivity contribution in [1.29, 1.82) is 0 Å². The number of thioether (sulfide) groups is 1. The molecule has 3 nitrogen and oxygen atoms in total. The third kappa shape index (κ3) is 5.28. The first-order valence-electron chi connectivity index (χ1n) is 6.74. The van der Waals surface area contributed by atoms with Crippen molar-refractivity contribution < 1.29 is 14.3 Å². The lowest BCUT2D eigenvalue weighted by atomic mass is 10.1. The molecule has 20 heavy (non-hydrogen) atoms. The van der Waals surface area contributed by atoms with Gasteiger partial charge in [0.25, 0.3) is 0 Å². The molecule has 4 heteroatoms.